The standard InChI is InChI=1S/C18H13Cl2NO2S/c1-21-9-8-12-10-13(4-5-14(12)21)24-15-6-2-11(3-7-16(22)23)17(19)18(15)20/h2-10H,1H3,(H,22,23)/b7-3+. The minimum absolute atomic E-state index is 0.347. The molecule has 1 N–H and O–H groups in total. The fraction of sp³-hybridized carbons (Fsp3) is 0.0556. The summed E-state index contributed by atoms with van der Waals surface area (Å²) >= 11 is 14.1. The van der Waals surface area contributed by atoms with Crippen molar-refractivity contribution in [1.82, 2.24) is 4.57 Å². The van der Waals surface area contributed by atoms with Gasteiger partial charge in [-0.3, -0.25) is 0 Å². The Kier molecular flexibility index (Phi) is 4.90. The number of rotatable bonds is 4. The highest BCUT2D eigenvalue weighted by atomic mass is 35.5. The summed E-state index contributed by atoms with van der Waals surface area (Å²) in [6, 6.07) is 11.9. The third kappa shape index (κ3) is 3.46. The van der Waals surface area contributed by atoms with Gasteiger partial charge in [0.25, 0.3) is 0 Å². The van der Waals surface area contributed by atoms with Gasteiger partial charge in [-0.15, -0.1) is 0 Å². The molecule has 0 atom stereocenters. The zero-order valence-electron chi connectivity index (χ0n) is 12.7. The Balaban J connectivity index is 1.91. The van der Waals surface area contributed by atoms with Crippen LogP contribution < -0.4 is 0 Å². The second kappa shape index (κ2) is 6.93. The van der Waals surface area contributed by atoms with Gasteiger partial charge in [0.15, 0.2) is 0 Å². The molecule has 0 aliphatic carbocycles. The molecule has 0 saturated heterocycles. The van der Waals surface area contributed by atoms with Crippen LogP contribution in [-0.4, -0.2) is 15.6 Å². The van der Waals surface area contributed by atoms with E-state index in [0.717, 1.165) is 26.8 Å². The second-order valence-corrected chi connectivity index (χ2v) is 7.07. The monoisotopic (exact) mass is 377 g/mol. The summed E-state index contributed by atoms with van der Waals surface area (Å²) in [5.74, 6) is -1.03. The van der Waals surface area contributed by atoms with Crippen LogP contribution in [0.15, 0.2) is 58.5 Å². The van der Waals surface area contributed by atoms with Gasteiger partial charge in [-0.25, -0.2) is 4.79 Å². The van der Waals surface area contributed by atoms with E-state index in [4.69, 9.17) is 28.3 Å². The number of aromatic nitrogens is 1. The molecular formula is C18H13Cl2NO2S. The van der Waals surface area contributed by atoms with E-state index in [2.05, 4.69) is 22.8 Å². The van der Waals surface area contributed by atoms with Crippen molar-refractivity contribution in [2.45, 2.75) is 9.79 Å². The van der Waals surface area contributed by atoms with Crippen LogP contribution in [0.3, 0.4) is 0 Å². The summed E-state index contributed by atoms with van der Waals surface area (Å²) < 4.78 is 2.07. The van der Waals surface area contributed by atoms with Gasteiger partial charge < -0.3 is 9.67 Å². The zero-order valence-corrected chi connectivity index (χ0v) is 15.0. The topological polar surface area (TPSA) is 42.2 Å². The number of carboxylic acids is 1. The lowest BCUT2D eigenvalue weighted by molar-refractivity contribution is -0.131. The summed E-state index contributed by atoms with van der Waals surface area (Å²) in [6.07, 6.45) is 4.49. The lowest BCUT2D eigenvalue weighted by Gasteiger charge is -2.08. The molecule has 0 aliphatic rings. The van der Waals surface area contributed by atoms with Crippen LogP contribution in [0.1, 0.15) is 5.56 Å². The van der Waals surface area contributed by atoms with Crippen LogP contribution in [0.25, 0.3) is 17.0 Å². The first-order chi connectivity index (χ1) is 11.5. The van der Waals surface area contributed by atoms with Crippen molar-refractivity contribution in [2.75, 3.05) is 0 Å². The molecule has 0 fully saturated rings. The van der Waals surface area contributed by atoms with Gasteiger partial charge in [-0.1, -0.05) is 41.0 Å². The van der Waals surface area contributed by atoms with Crippen molar-refractivity contribution in [3.8, 4) is 0 Å². The van der Waals surface area contributed by atoms with E-state index in [-0.39, 0.29) is 0 Å². The molecule has 0 amide bonds. The smallest absolute Gasteiger partial charge is 0.328 e. The van der Waals surface area contributed by atoms with E-state index in [0.29, 0.717) is 15.6 Å². The molecular weight excluding hydrogens is 365 g/mol. The van der Waals surface area contributed by atoms with Gasteiger partial charge in [0.1, 0.15) is 0 Å². The first-order valence-electron chi connectivity index (χ1n) is 7.07. The fourth-order valence-corrected chi connectivity index (χ4v) is 3.84. The number of fused-ring (bicyclic) bond motifs is 1. The van der Waals surface area contributed by atoms with Crippen molar-refractivity contribution >= 4 is 57.9 Å². The van der Waals surface area contributed by atoms with E-state index < -0.39 is 5.97 Å². The molecule has 0 spiro atoms. The Labute approximate surface area is 153 Å². The minimum atomic E-state index is -1.03. The first kappa shape index (κ1) is 17.0. The number of benzene rings is 2. The molecule has 1 heterocycles. The van der Waals surface area contributed by atoms with Crippen LogP contribution >= 0.6 is 35.0 Å². The number of carbonyl (C=O) groups is 1. The molecule has 0 radical (unpaired) electrons. The Morgan fingerprint density at radius 3 is 2.71 bits per heavy atom. The summed E-state index contributed by atoms with van der Waals surface area (Å²) in [5.41, 5.74) is 1.74. The highest BCUT2D eigenvalue weighted by Gasteiger charge is 2.11. The summed E-state index contributed by atoms with van der Waals surface area (Å²) in [4.78, 5) is 12.5. The van der Waals surface area contributed by atoms with E-state index in [1.54, 1.807) is 6.07 Å². The quantitative estimate of drug-likeness (QED) is 0.589. The van der Waals surface area contributed by atoms with Crippen LogP contribution in [-0.2, 0) is 11.8 Å². The molecule has 6 heteroatoms. The van der Waals surface area contributed by atoms with Gasteiger partial charge in [0.2, 0.25) is 0 Å². The lowest BCUT2D eigenvalue weighted by atomic mass is 10.2. The largest absolute Gasteiger partial charge is 0.478 e. The normalized spacial score (nSPS) is 11.5. The van der Waals surface area contributed by atoms with E-state index in [1.807, 2.05) is 25.4 Å². The van der Waals surface area contributed by atoms with Crippen molar-refractivity contribution in [2.24, 2.45) is 7.05 Å². The van der Waals surface area contributed by atoms with Gasteiger partial charge in [0.05, 0.1) is 10.0 Å². The number of hydrogen-bond acceptors (Lipinski definition) is 2. The highest BCUT2D eigenvalue weighted by Crippen LogP contribution is 2.39. The van der Waals surface area contributed by atoms with Crippen molar-refractivity contribution < 1.29 is 9.90 Å². The first-order valence-corrected chi connectivity index (χ1v) is 8.65. The van der Waals surface area contributed by atoms with Crippen LogP contribution in [0.5, 0.6) is 0 Å². The van der Waals surface area contributed by atoms with Crippen molar-refractivity contribution in [3.63, 3.8) is 0 Å². The maximum Gasteiger partial charge on any atom is 0.328 e. The van der Waals surface area contributed by atoms with Crippen LogP contribution in [0.2, 0.25) is 10.0 Å². The number of nitrogens with zero attached hydrogens (tertiary/aromatic N) is 1. The average Bonchev–Trinajstić information content (AvgIpc) is 2.92. The molecule has 0 unspecified atom stereocenters. The third-order valence-electron chi connectivity index (χ3n) is 3.57. The Bertz CT molecular complexity index is 963. The number of hydrogen-bond donors (Lipinski definition) is 1. The predicted molar refractivity (Wildman–Crippen MR) is 100 cm³/mol. The number of carboxylic acid groups (broad SMARTS) is 1. The molecule has 2 aromatic carbocycles. The summed E-state index contributed by atoms with van der Waals surface area (Å²) in [6.45, 7) is 0. The highest BCUT2D eigenvalue weighted by molar-refractivity contribution is 7.99. The third-order valence-corrected chi connectivity index (χ3v) is 5.63. The Hall–Kier alpha value is -1.88. The molecule has 3 nitrogen and oxygen atoms in total. The maximum atomic E-state index is 10.6. The summed E-state index contributed by atoms with van der Waals surface area (Å²) in [5, 5.41) is 10.6. The SMILES string of the molecule is Cn1ccc2cc(Sc3ccc(/C=C/C(=O)O)c(Cl)c3Cl)ccc21. The van der Waals surface area contributed by atoms with E-state index >= 15 is 0 Å². The van der Waals surface area contributed by atoms with Crippen molar-refractivity contribution in [1.29, 1.82) is 0 Å². The Morgan fingerprint density at radius 2 is 1.96 bits per heavy atom. The van der Waals surface area contributed by atoms with Crippen LogP contribution in [0, 0.1) is 0 Å². The fourth-order valence-electron chi connectivity index (χ4n) is 2.37. The van der Waals surface area contributed by atoms with Gasteiger partial charge in [-0.05, 0) is 42.0 Å². The van der Waals surface area contributed by atoms with E-state index in [9.17, 15) is 4.79 Å². The molecule has 122 valence electrons. The van der Waals surface area contributed by atoms with E-state index in [1.165, 1.54) is 17.8 Å². The van der Waals surface area contributed by atoms with Gasteiger partial charge in [-0.2, -0.15) is 0 Å². The maximum absolute atomic E-state index is 10.6. The number of aryl methyl sites for hydroxylation is 1. The second-order valence-electron chi connectivity index (χ2n) is 5.20. The molecule has 3 rings (SSSR count). The van der Waals surface area contributed by atoms with Crippen molar-refractivity contribution in [3.05, 3.63) is 64.3 Å². The molecule has 24 heavy (non-hydrogen) atoms. The predicted octanol–water partition coefficient (Wildman–Crippen LogP) is 5.73. The number of aliphatic carboxylic acids is 1. The average molecular weight is 378 g/mol. The lowest BCUT2D eigenvalue weighted by Crippen LogP contribution is -1.87. The summed E-state index contributed by atoms with van der Waals surface area (Å²) in [7, 11) is 2.01. The van der Waals surface area contributed by atoms with Gasteiger partial charge in [0, 0.05) is 40.0 Å². The van der Waals surface area contributed by atoms with Gasteiger partial charge >= 0.3 is 5.97 Å². The molecule has 0 aliphatic heterocycles. The molecule has 1 aromatic heterocycles. The molecule has 3 aromatic rings. The molecule has 0 saturated carbocycles. The Morgan fingerprint density at radius 1 is 1.17 bits per heavy atom. The number of halogens is 2. The molecule has 0 bridgehead atoms. The zero-order chi connectivity index (χ0) is 17.3. The minimum Gasteiger partial charge on any atom is -0.478 e. The van der Waals surface area contributed by atoms with Crippen LogP contribution in [0.4, 0.5) is 0 Å².